The average Bonchev–Trinajstić information content (AvgIpc) is 2.87. The van der Waals surface area contributed by atoms with Gasteiger partial charge < -0.3 is 15.8 Å². The first-order valence-electron chi connectivity index (χ1n) is 7.85. The van der Waals surface area contributed by atoms with Gasteiger partial charge in [-0.1, -0.05) is 23.7 Å². The number of nitrogens with one attached hydrogen (secondary N) is 1. The number of nitrogens with zero attached hydrogens (tertiary/aromatic N) is 1. The van der Waals surface area contributed by atoms with Crippen LogP contribution in [0.25, 0.3) is 0 Å². The molecule has 2 aromatic rings. The van der Waals surface area contributed by atoms with Crippen LogP contribution in [0.1, 0.15) is 29.0 Å². The lowest BCUT2D eigenvalue weighted by Crippen LogP contribution is -2.54. The number of carbonyl (C=O) groups excluding carboxylic acids is 1. The number of hydrogen-bond donors (Lipinski definition) is 2. The van der Waals surface area contributed by atoms with E-state index in [1.807, 2.05) is 31.2 Å². The predicted octanol–water partition coefficient (Wildman–Crippen LogP) is 3.56. The first kappa shape index (κ1) is 20.1. The van der Waals surface area contributed by atoms with Gasteiger partial charge in [-0.15, -0.1) is 23.7 Å². The summed E-state index contributed by atoms with van der Waals surface area (Å²) >= 11 is 7.51. The number of halogens is 2. The van der Waals surface area contributed by atoms with Crippen LogP contribution in [0.4, 0.5) is 5.13 Å². The van der Waals surface area contributed by atoms with Gasteiger partial charge in [0.1, 0.15) is 5.54 Å². The van der Waals surface area contributed by atoms with Crippen LogP contribution in [-0.4, -0.2) is 29.6 Å². The molecule has 8 heteroatoms. The van der Waals surface area contributed by atoms with Crippen LogP contribution >= 0.6 is 35.3 Å². The van der Waals surface area contributed by atoms with Crippen molar-refractivity contribution in [3.63, 3.8) is 0 Å². The summed E-state index contributed by atoms with van der Waals surface area (Å²) in [6, 6.07) is 7.75. The molecule has 0 unspecified atom stereocenters. The van der Waals surface area contributed by atoms with Gasteiger partial charge in [0.2, 0.25) is 5.91 Å². The molecule has 5 nitrogen and oxygen atoms in total. The topological polar surface area (TPSA) is 77.2 Å². The number of anilines is 1. The van der Waals surface area contributed by atoms with Gasteiger partial charge in [-0.3, -0.25) is 4.79 Å². The molecule has 1 aliphatic rings. The Morgan fingerprint density at radius 3 is 2.84 bits per heavy atom. The first-order chi connectivity index (χ1) is 11.5. The van der Waals surface area contributed by atoms with E-state index < -0.39 is 5.54 Å². The van der Waals surface area contributed by atoms with E-state index in [4.69, 9.17) is 22.1 Å². The number of ether oxygens (including phenoxy) is 1. The van der Waals surface area contributed by atoms with Crippen LogP contribution in [0.15, 0.2) is 24.3 Å². The van der Waals surface area contributed by atoms with Crippen molar-refractivity contribution in [2.75, 3.05) is 18.5 Å². The molecule has 3 N–H and O–H groups in total. The minimum absolute atomic E-state index is 0. The van der Waals surface area contributed by atoms with Crippen molar-refractivity contribution in [2.24, 2.45) is 5.73 Å². The molecule has 0 bridgehead atoms. The second-order valence-corrected chi connectivity index (χ2v) is 7.58. The lowest BCUT2D eigenvalue weighted by molar-refractivity contribution is -0.124. The monoisotopic (exact) mass is 401 g/mol. The van der Waals surface area contributed by atoms with Gasteiger partial charge in [-0.2, -0.15) is 0 Å². The maximum Gasteiger partial charge on any atom is 0.246 e. The highest BCUT2D eigenvalue weighted by atomic mass is 35.5. The highest BCUT2D eigenvalue weighted by molar-refractivity contribution is 7.15. The molecule has 1 saturated heterocycles. The van der Waals surface area contributed by atoms with Crippen molar-refractivity contribution < 1.29 is 9.53 Å². The summed E-state index contributed by atoms with van der Waals surface area (Å²) in [5.74, 6) is -0.186. The summed E-state index contributed by atoms with van der Waals surface area (Å²) < 4.78 is 5.28. The van der Waals surface area contributed by atoms with Crippen molar-refractivity contribution in [3.05, 3.63) is 45.4 Å². The van der Waals surface area contributed by atoms with Crippen LogP contribution < -0.4 is 11.1 Å². The molecule has 1 aliphatic heterocycles. The Hall–Kier alpha value is -1.18. The van der Waals surface area contributed by atoms with Gasteiger partial charge in [0.15, 0.2) is 5.13 Å². The van der Waals surface area contributed by atoms with Crippen LogP contribution in [0.5, 0.6) is 0 Å². The second-order valence-electron chi connectivity index (χ2n) is 6.06. The third-order valence-electron chi connectivity index (χ3n) is 4.20. The second kappa shape index (κ2) is 8.47. The molecule has 1 aromatic carbocycles. The zero-order valence-electron chi connectivity index (χ0n) is 13.9. The minimum atomic E-state index is -0.870. The number of rotatable bonds is 4. The number of benzene rings is 1. The Kier molecular flexibility index (Phi) is 6.82. The van der Waals surface area contributed by atoms with Crippen molar-refractivity contribution in [1.82, 2.24) is 4.98 Å². The largest absolute Gasteiger partial charge is 0.381 e. The van der Waals surface area contributed by atoms with E-state index in [0.29, 0.717) is 36.2 Å². The van der Waals surface area contributed by atoms with Crippen LogP contribution in [0, 0.1) is 6.92 Å². The molecule has 2 heterocycles. The number of hydrogen-bond acceptors (Lipinski definition) is 5. The van der Waals surface area contributed by atoms with Gasteiger partial charge in [0.05, 0.1) is 5.69 Å². The normalized spacial score (nSPS) is 16.1. The van der Waals surface area contributed by atoms with Gasteiger partial charge in [-0.25, -0.2) is 4.98 Å². The number of aromatic nitrogens is 1. The fourth-order valence-corrected chi connectivity index (χ4v) is 3.87. The van der Waals surface area contributed by atoms with E-state index >= 15 is 0 Å². The fraction of sp³-hybridized carbons (Fsp3) is 0.412. The number of nitrogens with two attached hydrogens (primary N) is 1. The summed E-state index contributed by atoms with van der Waals surface area (Å²) in [4.78, 5) is 18.0. The van der Waals surface area contributed by atoms with Crippen LogP contribution in [-0.2, 0) is 16.0 Å². The van der Waals surface area contributed by atoms with Crippen molar-refractivity contribution in [3.8, 4) is 0 Å². The lowest BCUT2D eigenvalue weighted by Gasteiger charge is -2.31. The number of thiazole rings is 1. The smallest absolute Gasteiger partial charge is 0.246 e. The van der Waals surface area contributed by atoms with E-state index in [1.165, 1.54) is 11.3 Å². The third-order valence-corrected chi connectivity index (χ3v) is 5.51. The summed E-state index contributed by atoms with van der Waals surface area (Å²) in [5.41, 5.74) is 7.36. The molecule has 136 valence electrons. The summed E-state index contributed by atoms with van der Waals surface area (Å²) in [5, 5.41) is 4.18. The third kappa shape index (κ3) is 4.92. The summed E-state index contributed by atoms with van der Waals surface area (Å²) in [6.45, 7) is 2.97. The minimum Gasteiger partial charge on any atom is -0.381 e. The van der Waals surface area contributed by atoms with E-state index in [0.717, 1.165) is 22.6 Å². The Balaban J connectivity index is 0.00000225. The lowest BCUT2D eigenvalue weighted by atomic mass is 9.90. The number of aryl methyl sites for hydroxylation is 1. The van der Waals surface area contributed by atoms with Crippen molar-refractivity contribution in [2.45, 2.75) is 31.7 Å². The SMILES string of the molecule is Cc1nc(NC(=O)C2(N)CCOCC2)sc1Cc1cccc(Cl)c1.Cl. The average molecular weight is 402 g/mol. The highest BCUT2D eigenvalue weighted by Gasteiger charge is 2.36. The molecule has 25 heavy (non-hydrogen) atoms. The van der Waals surface area contributed by atoms with E-state index in [-0.39, 0.29) is 18.3 Å². The molecule has 0 aliphatic carbocycles. The van der Waals surface area contributed by atoms with Gasteiger partial charge >= 0.3 is 0 Å². The quantitative estimate of drug-likeness (QED) is 0.820. The summed E-state index contributed by atoms with van der Waals surface area (Å²) in [6.07, 6.45) is 1.79. The van der Waals surface area contributed by atoms with E-state index in [9.17, 15) is 4.79 Å². The highest BCUT2D eigenvalue weighted by Crippen LogP contribution is 2.27. The Bertz CT molecular complexity index is 745. The van der Waals surface area contributed by atoms with Gasteiger partial charge in [-0.05, 0) is 37.5 Å². The van der Waals surface area contributed by atoms with Crippen molar-refractivity contribution in [1.29, 1.82) is 0 Å². The fourth-order valence-electron chi connectivity index (χ4n) is 2.66. The molecule has 1 amide bonds. The maximum atomic E-state index is 12.5. The molecule has 0 atom stereocenters. The number of carbonyl (C=O) groups is 1. The standard InChI is InChI=1S/C17H20ClN3O2S.ClH/c1-11-14(10-12-3-2-4-13(18)9-12)24-16(20-11)21-15(22)17(19)5-7-23-8-6-17;/h2-4,9H,5-8,10,19H2,1H3,(H,20,21,22);1H. The Morgan fingerprint density at radius 1 is 1.44 bits per heavy atom. The van der Waals surface area contributed by atoms with Crippen LogP contribution in [0.3, 0.4) is 0 Å². The molecular weight excluding hydrogens is 381 g/mol. The molecule has 0 radical (unpaired) electrons. The Morgan fingerprint density at radius 2 is 2.16 bits per heavy atom. The van der Waals surface area contributed by atoms with Crippen LogP contribution in [0.2, 0.25) is 5.02 Å². The zero-order valence-corrected chi connectivity index (χ0v) is 16.3. The zero-order chi connectivity index (χ0) is 17.2. The Labute approximate surface area is 162 Å². The van der Waals surface area contributed by atoms with Crippen molar-refractivity contribution >= 4 is 46.4 Å². The maximum absolute atomic E-state index is 12.5. The predicted molar refractivity (Wildman–Crippen MR) is 104 cm³/mol. The molecule has 0 saturated carbocycles. The number of amides is 1. The molecular formula is C17H21Cl2N3O2S. The van der Waals surface area contributed by atoms with E-state index in [1.54, 1.807) is 0 Å². The molecule has 0 spiro atoms. The van der Waals surface area contributed by atoms with E-state index in [2.05, 4.69) is 10.3 Å². The summed E-state index contributed by atoms with van der Waals surface area (Å²) in [7, 11) is 0. The molecule has 3 rings (SSSR count). The molecule has 1 aromatic heterocycles. The molecule has 1 fully saturated rings. The van der Waals surface area contributed by atoms with Gasteiger partial charge in [0.25, 0.3) is 0 Å². The van der Waals surface area contributed by atoms with Gasteiger partial charge in [0, 0.05) is 29.5 Å². The first-order valence-corrected chi connectivity index (χ1v) is 9.04.